The van der Waals surface area contributed by atoms with Gasteiger partial charge in [0.2, 0.25) is 11.8 Å². The Labute approximate surface area is 183 Å². The van der Waals surface area contributed by atoms with Gasteiger partial charge in [0.15, 0.2) is 0 Å². The fraction of sp³-hybridized carbons (Fsp3) is 0.429. The molecule has 3 saturated heterocycles. The van der Waals surface area contributed by atoms with Gasteiger partial charge in [-0.3, -0.25) is 24.1 Å². The van der Waals surface area contributed by atoms with E-state index in [4.69, 9.17) is 0 Å². The van der Waals surface area contributed by atoms with E-state index < -0.39 is 6.04 Å². The lowest BCUT2D eigenvalue weighted by Gasteiger charge is -2.29. The number of benzene rings is 1. The molecule has 1 aromatic rings. The quantitative estimate of drug-likeness (QED) is 0.701. The number of hydrogen-bond acceptors (Lipinski definition) is 6. The lowest BCUT2D eigenvalue weighted by molar-refractivity contribution is -0.137. The Balaban J connectivity index is 1.33. The SMILES string of the molecule is Cc1ccc(/C=C2\SC(=O)N(CCNC(=O)[C@H]3CS[C@]4(C)CCC(=O)N34)C2=O)cc1. The van der Waals surface area contributed by atoms with Crippen molar-refractivity contribution in [3.63, 3.8) is 0 Å². The Morgan fingerprint density at radius 3 is 2.73 bits per heavy atom. The molecule has 1 aromatic carbocycles. The van der Waals surface area contributed by atoms with Gasteiger partial charge in [-0.05, 0) is 43.7 Å². The van der Waals surface area contributed by atoms with E-state index >= 15 is 0 Å². The zero-order chi connectivity index (χ0) is 21.5. The third-order valence-electron chi connectivity index (χ3n) is 5.63. The van der Waals surface area contributed by atoms with Crippen LogP contribution in [0, 0.1) is 6.92 Å². The molecule has 3 fully saturated rings. The number of nitrogens with zero attached hydrogens (tertiary/aromatic N) is 2. The van der Waals surface area contributed by atoms with Gasteiger partial charge in [0.1, 0.15) is 6.04 Å². The first-order valence-corrected chi connectivity index (χ1v) is 11.6. The number of amides is 4. The molecular weight excluding hydrogens is 422 g/mol. The minimum atomic E-state index is -0.494. The van der Waals surface area contributed by atoms with Crippen LogP contribution in [-0.4, -0.2) is 62.5 Å². The van der Waals surface area contributed by atoms with Crippen LogP contribution in [0.3, 0.4) is 0 Å². The van der Waals surface area contributed by atoms with E-state index in [0.29, 0.717) is 17.1 Å². The van der Waals surface area contributed by atoms with Crippen molar-refractivity contribution in [3.8, 4) is 0 Å². The summed E-state index contributed by atoms with van der Waals surface area (Å²) >= 11 is 2.54. The van der Waals surface area contributed by atoms with Gasteiger partial charge < -0.3 is 10.2 Å². The maximum Gasteiger partial charge on any atom is 0.293 e. The first kappa shape index (κ1) is 21.0. The summed E-state index contributed by atoms with van der Waals surface area (Å²) in [6.45, 7) is 4.24. The average Bonchev–Trinajstić information content (AvgIpc) is 3.30. The van der Waals surface area contributed by atoms with Gasteiger partial charge in [0.05, 0.1) is 9.78 Å². The lowest BCUT2D eigenvalue weighted by atomic mass is 10.1. The van der Waals surface area contributed by atoms with E-state index in [-0.39, 0.29) is 40.9 Å². The molecule has 1 N–H and O–H groups in total. The highest BCUT2D eigenvalue weighted by Crippen LogP contribution is 2.47. The van der Waals surface area contributed by atoms with Gasteiger partial charge >= 0.3 is 0 Å². The van der Waals surface area contributed by atoms with E-state index in [0.717, 1.165) is 34.2 Å². The number of imide groups is 1. The van der Waals surface area contributed by atoms with Crippen LogP contribution in [0.25, 0.3) is 6.08 Å². The van der Waals surface area contributed by atoms with Crippen molar-refractivity contribution in [1.82, 2.24) is 15.1 Å². The van der Waals surface area contributed by atoms with Crippen molar-refractivity contribution in [2.45, 2.75) is 37.6 Å². The topological polar surface area (TPSA) is 86.8 Å². The molecule has 0 unspecified atom stereocenters. The van der Waals surface area contributed by atoms with Gasteiger partial charge in [-0.25, -0.2) is 0 Å². The zero-order valence-electron chi connectivity index (χ0n) is 16.8. The number of carbonyl (C=O) groups is 4. The van der Waals surface area contributed by atoms with E-state index in [1.165, 1.54) is 0 Å². The second-order valence-corrected chi connectivity index (χ2v) is 10.3. The molecule has 3 aliphatic heterocycles. The fourth-order valence-corrected chi connectivity index (χ4v) is 6.23. The van der Waals surface area contributed by atoms with Crippen LogP contribution in [0.1, 0.15) is 30.9 Å². The number of rotatable bonds is 5. The number of hydrogen-bond donors (Lipinski definition) is 1. The predicted molar refractivity (Wildman–Crippen MR) is 118 cm³/mol. The molecule has 0 bridgehead atoms. The minimum Gasteiger partial charge on any atom is -0.352 e. The van der Waals surface area contributed by atoms with E-state index in [9.17, 15) is 19.2 Å². The molecule has 158 valence electrons. The summed E-state index contributed by atoms with van der Waals surface area (Å²) in [5.41, 5.74) is 1.98. The largest absolute Gasteiger partial charge is 0.352 e. The lowest BCUT2D eigenvalue weighted by Crippen LogP contribution is -2.51. The summed E-state index contributed by atoms with van der Waals surface area (Å²) in [5.74, 6) is -0.00778. The monoisotopic (exact) mass is 445 g/mol. The van der Waals surface area contributed by atoms with Gasteiger partial charge in [0, 0.05) is 25.3 Å². The molecule has 4 amide bonds. The molecule has 30 heavy (non-hydrogen) atoms. The highest BCUT2D eigenvalue weighted by Gasteiger charge is 2.52. The van der Waals surface area contributed by atoms with Gasteiger partial charge in [-0.1, -0.05) is 29.8 Å². The van der Waals surface area contributed by atoms with Crippen molar-refractivity contribution in [2.75, 3.05) is 18.8 Å². The second kappa shape index (κ2) is 8.11. The smallest absolute Gasteiger partial charge is 0.293 e. The molecule has 0 radical (unpaired) electrons. The maximum atomic E-state index is 12.6. The molecule has 0 saturated carbocycles. The Kier molecular flexibility index (Phi) is 5.67. The second-order valence-electron chi connectivity index (χ2n) is 7.80. The van der Waals surface area contributed by atoms with Gasteiger partial charge in [0.25, 0.3) is 11.1 Å². The third kappa shape index (κ3) is 3.88. The molecule has 0 aliphatic carbocycles. The molecule has 2 atom stereocenters. The summed E-state index contributed by atoms with van der Waals surface area (Å²) in [5, 5.41) is 2.45. The molecule has 3 aliphatic rings. The van der Waals surface area contributed by atoms with Crippen molar-refractivity contribution < 1.29 is 19.2 Å². The minimum absolute atomic E-state index is 0.00910. The van der Waals surface area contributed by atoms with E-state index in [1.807, 2.05) is 38.1 Å². The normalized spacial score (nSPS) is 27.3. The first-order valence-electron chi connectivity index (χ1n) is 9.84. The summed E-state index contributed by atoms with van der Waals surface area (Å²) in [7, 11) is 0. The number of thioether (sulfide) groups is 2. The van der Waals surface area contributed by atoms with Crippen LogP contribution >= 0.6 is 23.5 Å². The number of nitrogens with one attached hydrogen (secondary N) is 1. The first-order chi connectivity index (χ1) is 14.3. The highest BCUT2D eigenvalue weighted by molar-refractivity contribution is 8.18. The highest BCUT2D eigenvalue weighted by atomic mass is 32.2. The molecule has 4 rings (SSSR count). The zero-order valence-corrected chi connectivity index (χ0v) is 18.5. The Bertz CT molecular complexity index is 946. The van der Waals surface area contributed by atoms with Crippen LogP contribution in [0.5, 0.6) is 0 Å². The standard InChI is InChI=1S/C21H23N3O4S2/c1-13-3-5-14(6-4-13)11-16-19(27)23(20(28)30-16)10-9-22-18(26)15-12-29-21(2)8-7-17(25)24(15)21/h3-6,11,15H,7-10,12H2,1-2H3,(H,22,26)/b16-11-/t15-,21-/m1/s1. The Hall–Kier alpha value is -2.26. The summed E-state index contributed by atoms with van der Waals surface area (Å²) in [4.78, 5) is 52.6. The number of aryl methyl sites for hydroxylation is 1. The number of carbonyl (C=O) groups excluding carboxylic acids is 4. The Morgan fingerprint density at radius 1 is 1.27 bits per heavy atom. The molecule has 9 heteroatoms. The molecule has 0 aromatic heterocycles. The van der Waals surface area contributed by atoms with Gasteiger partial charge in [-0.2, -0.15) is 0 Å². The van der Waals surface area contributed by atoms with Crippen LogP contribution in [0.15, 0.2) is 29.2 Å². The fourth-order valence-electron chi connectivity index (χ4n) is 3.93. The van der Waals surface area contributed by atoms with Crippen molar-refractivity contribution in [1.29, 1.82) is 0 Å². The molecule has 3 heterocycles. The molecule has 0 spiro atoms. The Morgan fingerprint density at radius 2 is 2.00 bits per heavy atom. The summed E-state index contributed by atoms with van der Waals surface area (Å²) < 4.78 is 0. The third-order valence-corrected chi connectivity index (χ3v) is 8.04. The summed E-state index contributed by atoms with van der Waals surface area (Å²) in [6.07, 6.45) is 2.93. The van der Waals surface area contributed by atoms with Crippen molar-refractivity contribution >= 4 is 52.6 Å². The molecular formula is C21H23N3O4S2. The predicted octanol–water partition coefficient (Wildman–Crippen LogP) is 2.60. The van der Waals surface area contributed by atoms with E-state index in [2.05, 4.69) is 5.32 Å². The van der Waals surface area contributed by atoms with Crippen LogP contribution < -0.4 is 5.32 Å². The average molecular weight is 446 g/mol. The molecule has 7 nitrogen and oxygen atoms in total. The van der Waals surface area contributed by atoms with Crippen molar-refractivity contribution in [3.05, 3.63) is 40.3 Å². The van der Waals surface area contributed by atoms with Crippen LogP contribution in [-0.2, 0) is 14.4 Å². The summed E-state index contributed by atoms with van der Waals surface area (Å²) in [6, 6.07) is 7.20. The van der Waals surface area contributed by atoms with Crippen LogP contribution in [0.2, 0.25) is 0 Å². The number of fused-ring (bicyclic) bond motifs is 1. The van der Waals surface area contributed by atoms with Crippen LogP contribution in [0.4, 0.5) is 4.79 Å². The van der Waals surface area contributed by atoms with Gasteiger partial charge in [-0.15, -0.1) is 11.8 Å². The maximum absolute atomic E-state index is 12.6. The van der Waals surface area contributed by atoms with E-state index in [1.54, 1.807) is 22.7 Å². The van der Waals surface area contributed by atoms with Crippen molar-refractivity contribution in [2.24, 2.45) is 0 Å².